The van der Waals surface area contributed by atoms with Crippen LogP contribution in [-0.2, 0) is 0 Å². The van der Waals surface area contributed by atoms with Gasteiger partial charge in [-0.15, -0.1) is 0 Å². The number of halogens is 1. The molecule has 0 fully saturated rings. The van der Waals surface area contributed by atoms with Gasteiger partial charge in [-0.3, -0.25) is 0 Å². The normalized spacial score (nSPS) is 10.3. The molecule has 0 aliphatic rings. The first-order chi connectivity index (χ1) is 8.79. The molecule has 0 radical (unpaired) electrons. The summed E-state index contributed by atoms with van der Waals surface area (Å²) in [7, 11) is 0. The van der Waals surface area contributed by atoms with Crippen LogP contribution < -0.4 is 5.32 Å². The minimum Gasteiger partial charge on any atom is -0.354 e. The molecule has 0 bridgehead atoms. The molecule has 2 heterocycles. The Morgan fingerprint density at radius 3 is 2.94 bits per heavy atom. The fourth-order valence-corrected chi connectivity index (χ4v) is 2.50. The number of nitrogens with zero attached hydrogens (tertiary/aromatic N) is 3. The largest absolute Gasteiger partial charge is 0.354 e. The molecule has 0 aliphatic heterocycles. The topological polar surface area (TPSA) is 50.7 Å². The molecule has 94 valence electrons. The molecule has 2 aromatic heterocycles. The molecular formula is C12H13BrN4S. The molecule has 0 aliphatic carbocycles. The average Bonchev–Trinajstić information content (AvgIpc) is 2.40. The Labute approximate surface area is 119 Å². The SMILES string of the molecule is CCCNc1nccc(Sc2ncccc2Br)n1. The van der Waals surface area contributed by atoms with Crippen molar-refractivity contribution in [2.75, 3.05) is 11.9 Å². The van der Waals surface area contributed by atoms with E-state index in [4.69, 9.17) is 0 Å². The van der Waals surface area contributed by atoms with Gasteiger partial charge in [0.25, 0.3) is 0 Å². The third kappa shape index (κ3) is 3.68. The number of anilines is 1. The Bertz CT molecular complexity index is 521. The first-order valence-electron chi connectivity index (χ1n) is 5.65. The summed E-state index contributed by atoms with van der Waals surface area (Å²) in [5, 5.41) is 4.95. The van der Waals surface area contributed by atoms with E-state index in [0.717, 1.165) is 27.5 Å². The predicted octanol–water partition coefficient (Wildman–Crippen LogP) is 3.61. The number of pyridine rings is 1. The van der Waals surface area contributed by atoms with Gasteiger partial charge in [0.1, 0.15) is 10.1 Å². The summed E-state index contributed by atoms with van der Waals surface area (Å²) in [4.78, 5) is 12.9. The van der Waals surface area contributed by atoms with Crippen LogP contribution in [-0.4, -0.2) is 21.5 Å². The van der Waals surface area contributed by atoms with E-state index in [9.17, 15) is 0 Å². The lowest BCUT2D eigenvalue weighted by atomic mass is 10.5. The van der Waals surface area contributed by atoms with Gasteiger partial charge in [-0.25, -0.2) is 15.0 Å². The van der Waals surface area contributed by atoms with E-state index in [-0.39, 0.29) is 0 Å². The van der Waals surface area contributed by atoms with Gasteiger partial charge in [-0.05, 0) is 52.3 Å². The molecule has 0 atom stereocenters. The quantitative estimate of drug-likeness (QED) is 0.851. The molecule has 0 saturated heterocycles. The van der Waals surface area contributed by atoms with E-state index in [1.807, 2.05) is 18.2 Å². The molecule has 2 aromatic rings. The smallest absolute Gasteiger partial charge is 0.223 e. The lowest BCUT2D eigenvalue weighted by Gasteiger charge is -2.05. The van der Waals surface area contributed by atoms with Crippen LogP contribution in [0, 0.1) is 0 Å². The minimum absolute atomic E-state index is 0.661. The minimum atomic E-state index is 0.661. The summed E-state index contributed by atoms with van der Waals surface area (Å²) in [5.41, 5.74) is 0. The zero-order valence-electron chi connectivity index (χ0n) is 9.93. The molecule has 1 N–H and O–H groups in total. The van der Waals surface area contributed by atoms with E-state index in [1.165, 1.54) is 11.8 Å². The highest BCUT2D eigenvalue weighted by Gasteiger charge is 2.05. The van der Waals surface area contributed by atoms with Gasteiger partial charge < -0.3 is 5.32 Å². The highest BCUT2D eigenvalue weighted by molar-refractivity contribution is 9.10. The molecule has 6 heteroatoms. The van der Waals surface area contributed by atoms with Crippen molar-refractivity contribution < 1.29 is 0 Å². The van der Waals surface area contributed by atoms with Crippen molar-refractivity contribution in [3.05, 3.63) is 35.1 Å². The molecule has 0 amide bonds. The maximum Gasteiger partial charge on any atom is 0.223 e. The van der Waals surface area contributed by atoms with E-state index in [2.05, 4.69) is 43.1 Å². The lowest BCUT2D eigenvalue weighted by molar-refractivity contribution is 0.934. The van der Waals surface area contributed by atoms with Crippen LogP contribution in [0.1, 0.15) is 13.3 Å². The Morgan fingerprint density at radius 1 is 1.28 bits per heavy atom. The molecule has 0 saturated carbocycles. The Morgan fingerprint density at radius 2 is 2.17 bits per heavy atom. The van der Waals surface area contributed by atoms with Crippen LogP contribution in [0.4, 0.5) is 5.95 Å². The maximum absolute atomic E-state index is 4.43. The summed E-state index contributed by atoms with van der Waals surface area (Å²) in [6, 6.07) is 5.73. The summed E-state index contributed by atoms with van der Waals surface area (Å²) < 4.78 is 0.969. The Kier molecular flexibility index (Phi) is 4.95. The molecule has 0 aromatic carbocycles. The number of aromatic nitrogens is 3. The second-order valence-corrected chi connectivity index (χ2v) is 5.40. The summed E-state index contributed by atoms with van der Waals surface area (Å²) in [6.45, 7) is 2.98. The highest BCUT2D eigenvalue weighted by Crippen LogP contribution is 2.30. The molecule has 0 spiro atoms. The van der Waals surface area contributed by atoms with Crippen molar-refractivity contribution in [1.29, 1.82) is 0 Å². The zero-order chi connectivity index (χ0) is 12.8. The highest BCUT2D eigenvalue weighted by atomic mass is 79.9. The molecule has 0 unspecified atom stereocenters. The van der Waals surface area contributed by atoms with E-state index < -0.39 is 0 Å². The number of hydrogen-bond donors (Lipinski definition) is 1. The fourth-order valence-electron chi connectivity index (χ4n) is 1.27. The Balaban J connectivity index is 2.12. The van der Waals surface area contributed by atoms with Gasteiger partial charge in [0.15, 0.2) is 0 Å². The summed E-state index contributed by atoms with van der Waals surface area (Å²) in [6.07, 6.45) is 4.57. The van der Waals surface area contributed by atoms with Crippen LogP contribution in [0.3, 0.4) is 0 Å². The molecule has 2 rings (SSSR count). The summed E-state index contributed by atoms with van der Waals surface area (Å²) in [5.74, 6) is 0.661. The first kappa shape index (κ1) is 13.3. The lowest BCUT2D eigenvalue weighted by Crippen LogP contribution is -2.04. The predicted molar refractivity (Wildman–Crippen MR) is 76.9 cm³/mol. The number of nitrogens with one attached hydrogen (secondary N) is 1. The van der Waals surface area contributed by atoms with Gasteiger partial charge in [0, 0.05) is 18.9 Å². The van der Waals surface area contributed by atoms with Crippen LogP contribution in [0.5, 0.6) is 0 Å². The van der Waals surface area contributed by atoms with Gasteiger partial charge in [0.05, 0.1) is 4.47 Å². The molecule has 4 nitrogen and oxygen atoms in total. The van der Waals surface area contributed by atoms with Crippen molar-refractivity contribution in [3.63, 3.8) is 0 Å². The van der Waals surface area contributed by atoms with Crippen LogP contribution in [0.2, 0.25) is 0 Å². The van der Waals surface area contributed by atoms with Crippen molar-refractivity contribution >= 4 is 33.6 Å². The number of rotatable bonds is 5. The van der Waals surface area contributed by atoms with Crippen LogP contribution in [0.25, 0.3) is 0 Å². The van der Waals surface area contributed by atoms with Gasteiger partial charge >= 0.3 is 0 Å². The van der Waals surface area contributed by atoms with Crippen LogP contribution >= 0.6 is 27.7 Å². The molecular weight excluding hydrogens is 312 g/mol. The van der Waals surface area contributed by atoms with E-state index >= 15 is 0 Å². The zero-order valence-corrected chi connectivity index (χ0v) is 12.3. The second kappa shape index (κ2) is 6.70. The van der Waals surface area contributed by atoms with Gasteiger partial charge in [-0.2, -0.15) is 0 Å². The first-order valence-corrected chi connectivity index (χ1v) is 7.26. The average molecular weight is 325 g/mol. The Hall–Kier alpha value is -1.14. The van der Waals surface area contributed by atoms with E-state index in [1.54, 1.807) is 12.4 Å². The van der Waals surface area contributed by atoms with Crippen molar-refractivity contribution in [3.8, 4) is 0 Å². The van der Waals surface area contributed by atoms with Gasteiger partial charge in [-0.1, -0.05) is 6.92 Å². The van der Waals surface area contributed by atoms with Crippen molar-refractivity contribution in [2.45, 2.75) is 23.4 Å². The third-order valence-corrected chi connectivity index (χ3v) is 3.95. The standard InChI is InChI=1S/C12H13BrN4S/c1-2-6-15-12-16-8-5-10(17-12)18-11-9(13)4-3-7-14-11/h3-5,7-8H,2,6H2,1H3,(H,15,16,17). The van der Waals surface area contributed by atoms with E-state index in [0.29, 0.717) is 5.95 Å². The monoisotopic (exact) mass is 324 g/mol. The van der Waals surface area contributed by atoms with Crippen LogP contribution in [0.15, 0.2) is 45.1 Å². The molecule has 18 heavy (non-hydrogen) atoms. The van der Waals surface area contributed by atoms with Crippen molar-refractivity contribution in [1.82, 2.24) is 15.0 Å². The maximum atomic E-state index is 4.43. The summed E-state index contributed by atoms with van der Waals surface area (Å²) >= 11 is 4.98. The third-order valence-electron chi connectivity index (χ3n) is 2.09. The fraction of sp³-hybridized carbons (Fsp3) is 0.250. The van der Waals surface area contributed by atoms with Crippen molar-refractivity contribution in [2.24, 2.45) is 0 Å². The number of hydrogen-bond acceptors (Lipinski definition) is 5. The van der Waals surface area contributed by atoms with Gasteiger partial charge in [0.2, 0.25) is 5.95 Å². The second-order valence-electron chi connectivity index (χ2n) is 3.54.